The quantitative estimate of drug-likeness (QED) is 0.651. The van der Waals surface area contributed by atoms with Crippen molar-refractivity contribution in [1.29, 1.82) is 0 Å². The van der Waals surface area contributed by atoms with E-state index in [9.17, 15) is 0 Å². The summed E-state index contributed by atoms with van der Waals surface area (Å²) in [6, 6.07) is 0. The second-order valence-corrected chi connectivity index (χ2v) is 6.64. The van der Waals surface area contributed by atoms with Crippen LogP contribution in [0, 0.1) is 0 Å². The Hall–Kier alpha value is -3.01. The van der Waals surface area contributed by atoms with Crippen molar-refractivity contribution >= 4 is 28.4 Å². The molecule has 0 amide bonds. The molecule has 10 nitrogen and oxygen atoms in total. The van der Waals surface area contributed by atoms with Crippen LogP contribution in [0.25, 0.3) is 16.7 Å². The molecule has 2 aliphatic rings. The van der Waals surface area contributed by atoms with Gasteiger partial charge in [0.2, 0.25) is 0 Å². The minimum Gasteiger partial charge on any atom is -0.320 e. The molecule has 1 aliphatic carbocycles. The van der Waals surface area contributed by atoms with Crippen molar-refractivity contribution < 1.29 is 4.84 Å². The minimum absolute atomic E-state index is 0.207. The zero-order chi connectivity index (χ0) is 17.6. The molecule has 1 fully saturated rings. The van der Waals surface area contributed by atoms with E-state index in [1.54, 1.807) is 6.20 Å². The predicted octanol–water partition coefficient (Wildman–Crippen LogP) is 1.90. The van der Waals surface area contributed by atoms with E-state index in [4.69, 9.17) is 4.84 Å². The number of nitrogens with zero attached hydrogens (tertiary/aromatic N) is 6. The monoisotopic (exact) mass is 353 g/mol. The molecule has 3 aromatic rings. The van der Waals surface area contributed by atoms with Gasteiger partial charge in [0.1, 0.15) is 5.60 Å². The molecule has 26 heavy (non-hydrogen) atoms. The van der Waals surface area contributed by atoms with Crippen LogP contribution >= 0.6 is 0 Å². The summed E-state index contributed by atoms with van der Waals surface area (Å²) in [4.78, 5) is 10.5. The molecule has 4 heterocycles. The number of hydrogen-bond donors (Lipinski definition) is 3. The maximum Gasteiger partial charge on any atom is 0.267 e. The van der Waals surface area contributed by atoms with E-state index < -0.39 is 0 Å². The third kappa shape index (κ3) is 2.33. The number of aromatic amines is 1. The molecular formula is C16H19N9O. The molecule has 5 rings (SSSR count). The van der Waals surface area contributed by atoms with Gasteiger partial charge in [-0.3, -0.25) is 10.3 Å². The Labute approximate surface area is 149 Å². The summed E-state index contributed by atoms with van der Waals surface area (Å²) in [6.07, 6.45) is 10.2. The van der Waals surface area contributed by atoms with Crippen LogP contribution in [0.3, 0.4) is 0 Å². The summed E-state index contributed by atoms with van der Waals surface area (Å²) >= 11 is 0. The van der Waals surface area contributed by atoms with Crippen molar-refractivity contribution in [2.45, 2.75) is 44.8 Å². The van der Waals surface area contributed by atoms with Crippen molar-refractivity contribution in [3.63, 3.8) is 0 Å². The summed E-state index contributed by atoms with van der Waals surface area (Å²) < 4.78 is 1.85. The highest BCUT2D eigenvalue weighted by molar-refractivity contribution is 5.97. The van der Waals surface area contributed by atoms with Crippen LogP contribution in [0.4, 0.5) is 11.6 Å². The molecule has 1 aliphatic heterocycles. The van der Waals surface area contributed by atoms with Crippen molar-refractivity contribution in [3.8, 4) is 0 Å². The Morgan fingerprint density at radius 3 is 2.96 bits per heavy atom. The maximum atomic E-state index is 5.93. The highest BCUT2D eigenvalue weighted by Gasteiger charge is 2.38. The Kier molecular flexibility index (Phi) is 3.38. The molecule has 0 atom stereocenters. The standard InChI is InChI=1S/C16H19N9O/c1-2-25-14-11(9-18-25)13(19-15-20-23-24-21-15)10(8-17-14)12-7-16(26-22-12)5-3-4-6-16/h7-9,22H,2-6H2,1H3,(H2,17,19,20,21,23,24). The largest absolute Gasteiger partial charge is 0.320 e. The molecule has 0 unspecified atom stereocenters. The van der Waals surface area contributed by atoms with E-state index in [0.717, 1.165) is 47.4 Å². The van der Waals surface area contributed by atoms with Crippen molar-refractivity contribution in [2.75, 3.05) is 5.32 Å². The van der Waals surface area contributed by atoms with Gasteiger partial charge in [0.15, 0.2) is 5.65 Å². The number of tetrazole rings is 1. The summed E-state index contributed by atoms with van der Waals surface area (Å²) in [5.74, 6) is 0.387. The number of hydrogen-bond acceptors (Lipinski definition) is 8. The van der Waals surface area contributed by atoms with Crippen LogP contribution in [0.5, 0.6) is 0 Å². The fourth-order valence-electron chi connectivity index (χ4n) is 3.75. The highest BCUT2D eigenvalue weighted by Crippen LogP contribution is 2.41. The number of fused-ring (bicyclic) bond motifs is 1. The van der Waals surface area contributed by atoms with Gasteiger partial charge in [-0.05, 0) is 31.1 Å². The first-order valence-corrected chi connectivity index (χ1v) is 8.80. The topological polar surface area (TPSA) is 118 Å². The molecule has 10 heteroatoms. The Bertz CT molecular complexity index is 969. The third-order valence-corrected chi connectivity index (χ3v) is 5.06. The molecule has 0 radical (unpaired) electrons. The fourth-order valence-corrected chi connectivity index (χ4v) is 3.75. The number of hydroxylamine groups is 1. The number of H-pyrrole nitrogens is 1. The van der Waals surface area contributed by atoms with Gasteiger partial charge in [-0.1, -0.05) is 17.9 Å². The van der Waals surface area contributed by atoms with Crippen LogP contribution < -0.4 is 10.8 Å². The summed E-state index contributed by atoms with van der Waals surface area (Å²) in [5.41, 5.74) is 6.31. The van der Waals surface area contributed by atoms with E-state index in [1.807, 2.05) is 17.8 Å². The number of anilines is 2. The van der Waals surface area contributed by atoms with Gasteiger partial charge in [0.05, 0.1) is 23.0 Å². The SMILES string of the molecule is CCn1ncc2c(Nc3nn[nH]n3)c(C3=CC4(CCCC4)ON3)cnc21. The third-order valence-electron chi connectivity index (χ3n) is 5.06. The van der Waals surface area contributed by atoms with Gasteiger partial charge in [0, 0.05) is 18.3 Å². The Morgan fingerprint density at radius 1 is 1.31 bits per heavy atom. The van der Waals surface area contributed by atoms with Crippen molar-refractivity contribution in [2.24, 2.45) is 0 Å². The summed E-state index contributed by atoms with van der Waals surface area (Å²) in [6.45, 7) is 2.78. The number of aromatic nitrogens is 7. The van der Waals surface area contributed by atoms with Gasteiger partial charge in [-0.25, -0.2) is 9.67 Å². The first-order chi connectivity index (χ1) is 12.8. The van der Waals surface area contributed by atoms with Crippen LogP contribution in [-0.4, -0.2) is 41.0 Å². The fraction of sp³-hybridized carbons (Fsp3) is 0.438. The molecule has 0 bridgehead atoms. The lowest BCUT2D eigenvalue weighted by atomic mass is 9.99. The van der Waals surface area contributed by atoms with Crippen LogP contribution in [0.1, 0.15) is 38.2 Å². The average molecular weight is 353 g/mol. The average Bonchev–Trinajstić information content (AvgIpc) is 3.43. The van der Waals surface area contributed by atoms with E-state index in [1.165, 1.54) is 12.8 Å². The molecule has 3 N–H and O–H groups in total. The molecule has 134 valence electrons. The molecule has 0 aromatic carbocycles. The van der Waals surface area contributed by atoms with Crippen LogP contribution in [0.2, 0.25) is 0 Å². The Morgan fingerprint density at radius 2 is 2.19 bits per heavy atom. The predicted molar refractivity (Wildman–Crippen MR) is 94.1 cm³/mol. The van der Waals surface area contributed by atoms with E-state index >= 15 is 0 Å². The van der Waals surface area contributed by atoms with Gasteiger partial charge < -0.3 is 5.32 Å². The maximum absolute atomic E-state index is 5.93. The molecule has 1 spiro atoms. The van der Waals surface area contributed by atoms with Gasteiger partial charge in [0.25, 0.3) is 5.95 Å². The van der Waals surface area contributed by atoms with Crippen LogP contribution in [0.15, 0.2) is 18.5 Å². The summed E-state index contributed by atoms with van der Waals surface area (Å²) in [7, 11) is 0. The highest BCUT2D eigenvalue weighted by atomic mass is 16.7. The van der Waals surface area contributed by atoms with Gasteiger partial charge in [-0.2, -0.15) is 10.3 Å². The number of nitrogens with one attached hydrogen (secondary N) is 3. The smallest absolute Gasteiger partial charge is 0.267 e. The lowest BCUT2D eigenvalue weighted by Crippen LogP contribution is -2.25. The zero-order valence-corrected chi connectivity index (χ0v) is 14.4. The van der Waals surface area contributed by atoms with Crippen molar-refractivity contribution in [1.82, 2.24) is 40.9 Å². The van der Waals surface area contributed by atoms with E-state index in [2.05, 4.69) is 47.6 Å². The normalized spacial score (nSPS) is 18.4. The second-order valence-electron chi connectivity index (χ2n) is 6.64. The Balaban J connectivity index is 1.64. The van der Waals surface area contributed by atoms with E-state index in [0.29, 0.717) is 5.95 Å². The van der Waals surface area contributed by atoms with Crippen molar-refractivity contribution in [3.05, 3.63) is 24.0 Å². The van der Waals surface area contributed by atoms with Gasteiger partial charge in [-0.15, -0.1) is 5.10 Å². The van der Waals surface area contributed by atoms with Gasteiger partial charge >= 0.3 is 0 Å². The zero-order valence-electron chi connectivity index (χ0n) is 14.4. The molecule has 0 saturated heterocycles. The minimum atomic E-state index is -0.207. The lowest BCUT2D eigenvalue weighted by molar-refractivity contribution is -0.0289. The number of aryl methyl sites for hydroxylation is 1. The summed E-state index contributed by atoms with van der Waals surface area (Å²) in [5, 5.41) is 22.6. The first-order valence-electron chi connectivity index (χ1n) is 8.80. The van der Waals surface area contributed by atoms with Crippen LogP contribution in [-0.2, 0) is 11.4 Å². The molecule has 3 aromatic heterocycles. The lowest BCUT2D eigenvalue weighted by Gasteiger charge is -2.17. The molecule has 1 saturated carbocycles. The number of pyridine rings is 1. The van der Waals surface area contributed by atoms with E-state index in [-0.39, 0.29) is 5.60 Å². The second kappa shape index (κ2) is 5.77. The number of rotatable bonds is 4. The molecular weight excluding hydrogens is 334 g/mol. The first kappa shape index (κ1) is 15.3.